The van der Waals surface area contributed by atoms with Crippen LogP contribution in [0.15, 0.2) is 67.1 Å². The van der Waals surface area contributed by atoms with Gasteiger partial charge in [-0.15, -0.1) is 0 Å². The summed E-state index contributed by atoms with van der Waals surface area (Å²) in [6, 6.07) is 4.43. The maximum atomic E-state index is 14.0. The molecule has 71 heavy (non-hydrogen) atoms. The van der Waals surface area contributed by atoms with Gasteiger partial charge in [0.2, 0.25) is 47.3 Å². The van der Waals surface area contributed by atoms with E-state index in [9.17, 15) is 63.3 Å². The number of rotatable bonds is 32. The molecular weight excluding hydrogens is 949 g/mol. The van der Waals surface area contributed by atoms with Crippen molar-refractivity contribution in [1.82, 2.24) is 47.2 Å². The maximum absolute atomic E-state index is 14.0. The Hall–Kier alpha value is -7.58. The van der Waals surface area contributed by atoms with Crippen LogP contribution in [0, 0.1) is 0 Å². The van der Waals surface area contributed by atoms with Crippen LogP contribution < -0.4 is 54.4 Å². The average molecular weight is 1010 g/mol. The normalized spacial score (nSPS) is 13.8. The van der Waals surface area contributed by atoms with Gasteiger partial charge in [-0.25, -0.2) is 9.78 Å². The van der Waals surface area contributed by atoms with Crippen LogP contribution >= 0.6 is 12.6 Å². The molecule has 386 valence electrons. The molecule has 0 spiro atoms. The van der Waals surface area contributed by atoms with E-state index in [1.807, 2.05) is 0 Å². The molecule has 1 aromatic heterocycles. The third-order valence-electron chi connectivity index (χ3n) is 10.7. The number of carboxylic acid groups (broad SMARTS) is 2. The van der Waals surface area contributed by atoms with Gasteiger partial charge in [0.15, 0.2) is 0 Å². The van der Waals surface area contributed by atoms with Crippen LogP contribution in [0.25, 0.3) is 0 Å². The first-order valence-corrected chi connectivity index (χ1v) is 23.1. The number of amides is 8. The Morgan fingerprint density at radius 1 is 0.620 bits per heavy atom. The highest BCUT2D eigenvalue weighted by molar-refractivity contribution is 7.80. The highest BCUT2D eigenvalue weighted by Gasteiger charge is 2.33. The molecule has 0 fully saturated rings. The van der Waals surface area contributed by atoms with Crippen molar-refractivity contribution in [3.8, 4) is 5.75 Å². The number of hydrogen-bond acceptors (Lipinski definition) is 15. The Morgan fingerprint density at radius 3 is 1.70 bits per heavy atom. The van der Waals surface area contributed by atoms with Gasteiger partial charge in [0.05, 0.1) is 18.9 Å². The Labute approximate surface area is 413 Å². The molecular formula is C45H62N12O13S. The molecule has 26 heteroatoms. The number of phenolic OH excluding ortho intramolecular Hbond substituents is 1. The van der Waals surface area contributed by atoms with Crippen LogP contribution in [-0.2, 0) is 67.2 Å². The summed E-state index contributed by atoms with van der Waals surface area (Å²) >= 11 is 4.06. The summed E-state index contributed by atoms with van der Waals surface area (Å²) in [5.74, 6) is -10.0. The van der Waals surface area contributed by atoms with Crippen molar-refractivity contribution in [3.63, 3.8) is 0 Å². The summed E-state index contributed by atoms with van der Waals surface area (Å²) in [5.41, 5.74) is 18.3. The first kappa shape index (κ1) is 57.7. The molecule has 3 aromatic rings. The molecule has 17 N–H and O–H groups in total. The van der Waals surface area contributed by atoms with Crippen molar-refractivity contribution in [1.29, 1.82) is 0 Å². The Morgan fingerprint density at radius 2 is 1.14 bits per heavy atom. The van der Waals surface area contributed by atoms with Crippen molar-refractivity contribution in [3.05, 3.63) is 83.9 Å². The highest BCUT2D eigenvalue weighted by atomic mass is 32.1. The number of aliphatic carboxylic acids is 2. The van der Waals surface area contributed by atoms with Gasteiger partial charge >= 0.3 is 11.9 Å². The highest BCUT2D eigenvalue weighted by Crippen LogP contribution is 2.13. The van der Waals surface area contributed by atoms with Gasteiger partial charge in [0.1, 0.15) is 42.0 Å². The first-order chi connectivity index (χ1) is 33.8. The minimum Gasteiger partial charge on any atom is -0.508 e. The molecule has 0 saturated carbocycles. The van der Waals surface area contributed by atoms with Crippen LogP contribution in [0.4, 0.5) is 0 Å². The van der Waals surface area contributed by atoms with Gasteiger partial charge in [-0.3, -0.25) is 43.2 Å². The van der Waals surface area contributed by atoms with E-state index in [2.05, 4.69) is 59.8 Å². The third-order valence-corrected chi connectivity index (χ3v) is 11.1. The SMILES string of the molecule is NCCCC[C@H](NC(=O)CNC(=O)[C@H](CCC(N)=O)NC(=O)[C@H](Cc1cnc[nH]1)NC(=O)[C@H](Cc1ccccc1)NC(=O)[C@@H](N)CS)C(=O)N[C@@H](CCC(=O)O)C(=O)N[C@@H](Cc1ccc(O)cc1)C(=O)O. The summed E-state index contributed by atoms with van der Waals surface area (Å²) in [4.78, 5) is 137. The number of hydrogen-bond donors (Lipinski definition) is 15. The molecule has 0 aliphatic heterocycles. The predicted octanol–water partition coefficient (Wildman–Crippen LogP) is -3.23. The quantitative estimate of drug-likeness (QED) is 0.0216. The van der Waals surface area contributed by atoms with E-state index in [4.69, 9.17) is 17.2 Å². The number of primary amides is 1. The fourth-order valence-corrected chi connectivity index (χ4v) is 6.96. The predicted molar refractivity (Wildman–Crippen MR) is 257 cm³/mol. The number of carboxylic acids is 2. The van der Waals surface area contributed by atoms with E-state index in [0.717, 1.165) is 0 Å². The second kappa shape index (κ2) is 30.1. The number of imidazole rings is 1. The van der Waals surface area contributed by atoms with Gasteiger partial charge in [-0.2, -0.15) is 12.6 Å². The third kappa shape index (κ3) is 21.3. The number of carbonyl (C=O) groups excluding carboxylic acids is 8. The summed E-state index contributed by atoms with van der Waals surface area (Å²) in [5, 5.41) is 46.0. The van der Waals surface area contributed by atoms with Crippen molar-refractivity contribution in [2.75, 3.05) is 18.8 Å². The summed E-state index contributed by atoms with van der Waals surface area (Å²) in [6.45, 7) is -0.590. The zero-order valence-electron chi connectivity index (χ0n) is 38.6. The molecule has 1 heterocycles. The largest absolute Gasteiger partial charge is 0.508 e. The van der Waals surface area contributed by atoms with Crippen LogP contribution in [0.5, 0.6) is 5.75 Å². The van der Waals surface area contributed by atoms with Crippen molar-refractivity contribution >= 4 is 71.8 Å². The van der Waals surface area contributed by atoms with Crippen molar-refractivity contribution < 1.29 is 63.3 Å². The average Bonchev–Trinajstić information content (AvgIpc) is 3.86. The topological polar surface area (TPSA) is 422 Å². The number of aromatic hydroxyl groups is 1. The number of unbranched alkanes of at least 4 members (excludes halogenated alkanes) is 1. The van der Waals surface area contributed by atoms with Crippen molar-refractivity contribution in [2.45, 2.75) is 107 Å². The number of nitrogens with one attached hydrogen (secondary N) is 8. The second-order valence-corrected chi connectivity index (χ2v) is 16.7. The number of benzene rings is 2. The Bertz CT molecular complexity index is 2270. The molecule has 0 unspecified atom stereocenters. The van der Waals surface area contributed by atoms with Gasteiger partial charge in [-0.05, 0) is 61.9 Å². The Kier molecular flexibility index (Phi) is 24.5. The van der Waals surface area contributed by atoms with Gasteiger partial charge < -0.3 is 74.7 Å². The standard InChI is InChI=1S/C45H62N12O13S/c46-17-5-4-8-30(41(65)54-32(14-16-38(61)62)42(66)57-35(45(69)70)19-26-9-11-28(58)12-10-26)52-37(60)22-50-40(64)31(13-15-36(48)59)53-44(68)34(20-27-21-49-24-51-27)56-43(67)33(55-39(63)29(47)23-71)18-25-6-2-1-3-7-25/h1-3,6-7,9-12,21,24,29-35,58,71H,4-5,8,13-20,22-23,46-47H2,(H2,48,59)(H,49,51)(H,50,64)(H,52,60)(H,53,68)(H,54,65)(H,55,63)(H,56,67)(H,57,66)(H,61,62)(H,69,70)/t29-,30-,31-,32-,33-,34-,35-/m0/s1. The number of H-pyrrole nitrogens is 1. The molecule has 0 radical (unpaired) electrons. The maximum Gasteiger partial charge on any atom is 0.326 e. The fourth-order valence-electron chi connectivity index (χ4n) is 6.79. The minimum atomic E-state index is -1.59. The van der Waals surface area contributed by atoms with E-state index < -0.39 is 127 Å². The smallest absolute Gasteiger partial charge is 0.326 e. The fraction of sp³-hybridized carbons (Fsp3) is 0.444. The zero-order valence-corrected chi connectivity index (χ0v) is 39.5. The van der Waals surface area contributed by atoms with Gasteiger partial charge in [0, 0.05) is 49.7 Å². The summed E-state index contributed by atoms with van der Waals surface area (Å²) in [6.07, 6.45) is 1.04. The summed E-state index contributed by atoms with van der Waals surface area (Å²) in [7, 11) is 0. The molecule has 8 amide bonds. The molecule has 0 saturated heterocycles. The zero-order chi connectivity index (χ0) is 52.5. The molecule has 2 aromatic carbocycles. The van der Waals surface area contributed by atoms with Crippen LogP contribution in [0.2, 0.25) is 0 Å². The van der Waals surface area contributed by atoms with Crippen LogP contribution in [0.3, 0.4) is 0 Å². The summed E-state index contributed by atoms with van der Waals surface area (Å²) < 4.78 is 0. The molecule has 25 nitrogen and oxygen atoms in total. The minimum absolute atomic E-state index is 0.00574. The lowest BCUT2D eigenvalue weighted by Crippen LogP contribution is -2.59. The van der Waals surface area contributed by atoms with E-state index >= 15 is 0 Å². The second-order valence-electron chi connectivity index (χ2n) is 16.3. The van der Waals surface area contributed by atoms with Gasteiger partial charge in [-0.1, -0.05) is 42.5 Å². The number of carbonyl (C=O) groups is 10. The molecule has 3 rings (SSSR count). The number of nitrogens with two attached hydrogens (primary N) is 3. The Balaban J connectivity index is 1.78. The van der Waals surface area contributed by atoms with E-state index in [1.54, 1.807) is 30.3 Å². The number of thiol groups is 1. The number of aromatic amines is 1. The van der Waals surface area contributed by atoms with Gasteiger partial charge in [0.25, 0.3) is 0 Å². The lowest BCUT2D eigenvalue weighted by Gasteiger charge is -2.26. The van der Waals surface area contributed by atoms with Crippen molar-refractivity contribution in [2.24, 2.45) is 17.2 Å². The first-order valence-electron chi connectivity index (χ1n) is 22.5. The van der Waals surface area contributed by atoms with Crippen LogP contribution in [0.1, 0.15) is 61.8 Å². The molecule has 7 atom stereocenters. The number of aromatic nitrogens is 2. The number of nitrogens with zero attached hydrogens (tertiary/aromatic N) is 1. The molecule has 0 bridgehead atoms. The number of phenols is 1. The molecule has 0 aliphatic carbocycles. The van der Waals surface area contributed by atoms with Crippen LogP contribution in [-0.4, -0.2) is 146 Å². The van der Waals surface area contributed by atoms with E-state index in [1.165, 1.54) is 36.8 Å². The van der Waals surface area contributed by atoms with E-state index in [-0.39, 0.29) is 56.6 Å². The molecule has 0 aliphatic rings. The van der Waals surface area contributed by atoms with E-state index in [0.29, 0.717) is 23.2 Å². The lowest BCUT2D eigenvalue weighted by molar-refractivity contribution is -0.143. The lowest BCUT2D eigenvalue weighted by atomic mass is 10.0. The monoisotopic (exact) mass is 1010 g/mol.